The van der Waals surface area contributed by atoms with E-state index >= 15 is 0 Å². The number of nitrogens with zero attached hydrogens (tertiary/aromatic N) is 3. The number of fused-ring (bicyclic) bond motifs is 1. The Hall–Kier alpha value is -2.23. The SMILES string of the molecule is C#CCOc1c(Cl)cc([C@H]2CC(=O)Nc3ncnn32)cc1Cl. The largest absolute Gasteiger partial charge is 0.478 e. The minimum absolute atomic E-state index is 0.0673. The standard InChI is InChI=1S/C14H10Cl2N4O2/c1-2-3-22-13-9(15)4-8(5-10(13)16)11-6-12(21)19-14-17-7-18-20(11)14/h1,4-5,7,11H,3,6H2,(H,17,18,19,21)/t11-/m1/s1. The van der Waals surface area contributed by atoms with Crippen LogP contribution in [0.25, 0.3) is 0 Å². The summed E-state index contributed by atoms with van der Waals surface area (Å²) in [5.41, 5.74) is 0.740. The predicted molar refractivity (Wildman–Crippen MR) is 82.2 cm³/mol. The summed E-state index contributed by atoms with van der Waals surface area (Å²) in [6.07, 6.45) is 6.75. The maximum absolute atomic E-state index is 11.8. The van der Waals surface area contributed by atoms with Gasteiger partial charge in [-0.05, 0) is 17.7 Å². The molecule has 6 nitrogen and oxygen atoms in total. The Balaban J connectivity index is 2.00. The van der Waals surface area contributed by atoms with Gasteiger partial charge in [-0.2, -0.15) is 10.1 Å². The van der Waals surface area contributed by atoms with Gasteiger partial charge in [0.1, 0.15) is 12.9 Å². The van der Waals surface area contributed by atoms with Crippen LogP contribution in [0.15, 0.2) is 18.5 Å². The average Bonchev–Trinajstić information content (AvgIpc) is 2.93. The first-order chi connectivity index (χ1) is 10.6. The van der Waals surface area contributed by atoms with Crippen LogP contribution in [-0.4, -0.2) is 27.3 Å². The van der Waals surface area contributed by atoms with E-state index in [0.29, 0.717) is 21.7 Å². The third-order valence-electron chi connectivity index (χ3n) is 3.20. The van der Waals surface area contributed by atoms with E-state index in [2.05, 4.69) is 21.3 Å². The summed E-state index contributed by atoms with van der Waals surface area (Å²) in [5, 5.41) is 7.42. The number of hydrogen-bond donors (Lipinski definition) is 1. The zero-order valence-corrected chi connectivity index (χ0v) is 12.7. The maximum atomic E-state index is 11.8. The van der Waals surface area contributed by atoms with Crippen LogP contribution in [0, 0.1) is 12.3 Å². The number of halogens is 2. The summed E-state index contributed by atoms with van der Waals surface area (Å²) >= 11 is 12.4. The molecule has 0 saturated carbocycles. The number of anilines is 1. The molecule has 0 aliphatic carbocycles. The van der Waals surface area contributed by atoms with Crippen molar-refractivity contribution in [3.8, 4) is 18.1 Å². The Labute approximate surface area is 136 Å². The monoisotopic (exact) mass is 336 g/mol. The molecule has 2 aromatic rings. The maximum Gasteiger partial charge on any atom is 0.229 e. The van der Waals surface area contributed by atoms with Crippen molar-refractivity contribution >= 4 is 35.1 Å². The summed E-state index contributed by atoms with van der Waals surface area (Å²) in [6, 6.07) is 3.05. The van der Waals surface area contributed by atoms with Crippen molar-refractivity contribution in [1.82, 2.24) is 14.8 Å². The van der Waals surface area contributed by atoms with Crippen molar-refractivity contribution in [3.05, 3.63) is 34.1 Å². The lowest BCUT2D eigenvalue weighted by atomic mass is 10.0. The lowest BCUT2D eigenvalue weighted by Crippen LogP contribution is -2.29. The van der Waals surface area contributed by atoms with E-state index in [9.17, 15) is 4.79 Å². The van der Waals surface area contributed by atoms with Crippen molar-refractivity contribution < 1.29 is 9.53 Å². The number of benzene rings is 1. The highest BCUT2D eigenvalue weighted by Gasteiger charge is 2.28. The van der Waals surface area contributed by atoms with Gasteiger partial charge >= 0.3 is 0 Å². The van der Waals surface area contributed by atoms with Gasteiger partial charge in [-0.3, -0.25) is 10.1 Å². The number of nitrogens with one attached hydrogen (secondary N) is 1. The van der Waals surface area contributed by atoms with Gasteiger partial charge in [-0.15, -0.1) is 6.42 Å². The molecule has 0 fully saturated rings. The Morgan fingerprint density at radius 2 is 2.18 bits per heavy atom. The second-order valence-electron chi connectivity index (χ2n) is 4.60. The van der Waals surface area contributed by atoms with E-state index in [4.69, 9.17) is 34.4 Å². The minimum atomic E-state index is -0.331. The Kier molecular flexibility index (Phi) is 3.92. The smallest absolute Gasteiger partial charge is 0.229 e. The van der Waals surface area contributed by atoms with Crippen molar-refractivity contribution in [3.63, 3.8) is 0 Å². The second kappa shape index (κ2) is 5.87. The Bertz CT molecular complexity index is 758. The van der Waals surface area contributed by atoms with Gasteiger partial charge in [0.2, 0.25) is 11.9 Å². The number of carbonyl (C=O) groups excluding carboxylic acids is 1. The van der Waals surface area contributed by atoms with Crippen LogP contribution in [0.2, 0.25) is 10.0 Å². The molecule has 1 aromatic heterocycles. The van der Waals surface area contributed by atoms with E-state index in [0.717, 1.165) is 5.56 Å². The summed E-state index contributed by atoms with van der Waals surface area (Å²) in [4.78, 5) is 15.8. The predicted octanol–water partition coefficient (Wildman–Crippen LogP) is 2.53. The Morgan fingerprint density at radius 1 is 1.45 bits per heavy atom. The molecule has 0 saturated heterocycles. The fraction of sp³-hybridized carbons (Fsp3) is 0.214. The number of carbonyl (C=O) groups is 1. The van der Waals surface area contributed by atoms with Gasteiger partial charge in [0, 0.05) is 0 Å². The van der Waals surface area contributed by atoms with Crippen molar-refractivity contribution in [2.24, 2.45) is 0 Å². The molecule has 1 aliphatic heterocycles. The molecule has 3 rings (SSSR count). The molecule has 8 heteroatoms. The van der Waals surface area contributed by atoms with Gasteiger partial charge in [0.05, 0.1) is 22.5 Å². The highest BCUT2D eigenvalue weighted by atomic mass is 35.5. The lowest BCUT2D eigenvalue weighted by Gasteiger charge is -2.24. The number of terminal acetylenes is 1. The fourth-order valence-corrected chi connectivity index (χ4v) is 2.90. The van der Waals surface area contributed by atoms with Crippen LogP contribution in [0.1, 0.15) is 18.0 Å². The van der Waals surface area contributed by atoms with Crippen molar-refractivity contribution in [2.75, 3.05) is 11.9 Å². The number of amides is 1. The van der Waals surface area contributed by atoms with Gasteiger partial charge in [-0.1, -0.05) is 29.1 Å². The average molecular weight is 337 g/mol. The van der Waals surface area contributed by atoms with Gasteiger partial charge in [0.25, 0.3) is 0 Å². The van der Waals surface area contributed by atoms with Crippen LogP contribution in [0.5, 0.6) is 5.75 Å². The lowest BCUT2D eigenvalue weighted by molar-refractivity contribution is -0.117. The quantitative estimate of drug-likeness (QED) is 0.874. The van der Waals surface area contributed by atoms with E-state index in [1.54, 1.807) is 16.8 Å². The summed E-state index contributed by atoms with van der Waals surface area (Å²) in [7, 11) is 0. The normalized spacial score (nSPS) is 16.6. The summed E-state index contributed by atoms with van der Waals surface area (Å²) < 4.78 is 6.94. The molecule has 1 aromatic carbocycles. The molecule has 112 valence electrons. The summed E-state index contributed by atoms with van der Waals surface area (Å²) in [5.74, 6) is 2.91. The zero-order valence-electron chi connectivity index (χ0n) is 11.2. The number of hydrogen-bond acceptors (Lipinski definition) is 4. The van der Waals surface area contributed by atoms with Crippen molar-refractivity contribution in [2.45, 2.75) is 12.5 Å². The van der Waals surface area contributed by atoms with E-state index in [-0.39, 0.29) is 25.0 Å². The van der Waals surface area contributed by atoms with Crippen LogP contribution in [-0.2, 0) is 4.79 Å². The molecule has 1 amide bonds. The van der Waals surface area contributed by atoms with E-state index < -0.39 is 0 Å². The van der Waals surface area contributed by atoms with E-state index in [1.165, 1.54) is 6.33 Å². The first-order valence-electron chi connectivity index (χ1n) is 6.34. The van der Waals surface area contributed by atoms with Crippen LogP contribution in [0.3, 0.4) is 0 Å². The molecule has 1 atom stereocenters. The Morgan fingerprint density at radius 3 is 2.86 bits per heavy atom. The molecule has 0 unspecified atom stereocenters. The molecule has 2 heterocycles. The fourth-order valence-electron chi connectivity index (χ4n) is 2.29. The topological polar surface area (TPSA) is 69.0 Å². The zero-order chi connectivity index (χ0) is 15.7. The number of aromatic nitrogens is 3. The number of rotatable bonds is 3. The molecule has 1 N–H and O–H groups in total. The van der Waals surface area contributed by atoms with Crippen LogP contribution < -0.4 is 10.1 Å². The van der Waals surface area contributed by atoms with Gasteiger partial charge in [-0.25, -0.2) is 4.68 Å². The van der Waals surface area contributed by atoms with Gasteiger partial charge in [0.15, 0.2) is 5.75 Å². The molecular formula is C14H10Cl2N4O2. The molecular weight excluding hydrogens is 327 g/mol. The summed E-state index contributed by atoms with van der Waals surface area (Å²) in [6.45, 7) is 0.0673. The minimum Gasteiger partial charge on any atom is -0.478 e. The first kappa shape index (κ1) is 14.7. The highest BCUT2D eigenvalue weighted by molar-refractivity contribution is 6.37. The van der Waals surface area contributed by atoms with Crippen LogP contribution >= 0.6 is 23.2 Å². The van der Waals surface area contributed by atoms with E-state index in [1.807, 2.05) is 0 Å². The molecule has 0 radical (unpaired) electrons. The first-order valence-corrected chi connectivity index (χ1v) is 7.10. The number of ether oxygens (including phenoxy) is 1. The third kappa shape index (κ3) is 2.61. The van der Waals surface area contributed by atoms with Crippen molar-refractivity contribution in [1.29, 1.82) is 0 Å². The van der Waals surface area contributed by atoms with Crippen LogP contribution in [0.4, 0.5) is 5.95 Å². The van der Waals surface area contributed by atoms with Gasteiger partial charge < -0.3 is 4.74 Å². The molecule has 0 bridgehead atoms. The highest BCUT2D eigenvalue weighted by Crippen LogP contribution is 2.38. The second-order valence-corrected chi connectivity index (χ2v) is 5.42. The molecule has 1 aliphatic rings. The molecule has 0 spiro atoms. The molecule has 22 heavy (non-hydrogen) atoms. The third-order valence-corrected chi connectivity index (χ3v) is 3.76.